The molecule has 154 valence electrons. The van der Waals surface area contributed by atoms with Crippen molar-refractivity contribution in [1.82, 2.24) is 0 Å². The molecule has 1 aliphatic heterocycles. The largest absolute Gasteiger partial charge is 0.496 e. The molecule has 1 saturated heterocycles. The molecule has 2 aromatic rings. The fourth-order valence-electron chi connectivity index (χ4n) is 3.79. The van der Waals surface area contributed by atoms with E-state index in [1.165, 1.54) is 12.1 Å². The van der Waals surface area contributed by atoms with Crippen LogP contribution in [0.5, 0.6) is 5.75 Å². The van der Waals surface area contributed by atoms with Crippen LogP contribution in [0.3, 0.4) is 0 Å². The number of aliphatic hydroxyl groups excluding tert-OH is 1. The number of rotatable bonds is 5. The van der Waals surface area contributed by atoms with Gasteiger partial charge in [0.1, 0.15) is 17.7 Å². The van der Waals surface area contributed by atoms with Gasteiger partial charge >= 0.3 is 5.97 Å². The Balaban J connectivity index is 2.16. The molecule has 1 heterocycles. The highest BCUT2D eigenvalue weighted by molar-refractivity contribution is 5.84. The number of hydrogen-bond acceptors (Lipinski definition) is 4. The van der Waals surface area contributed by atoms with Crippen molar-refractivity contribution in [3.05, 3.63) is 58.9 Å². The Morgan fingerprint density at radius 1 is 1.28 bits per heavy atom. The maximum atomic E-state index is 13.5. The van der Waals surface area contributed by atoms with Crippen molar-refractivity contribution in [2.24, 2.45) is 0 Å². The number of esters is 1. The lowest BCUT2D eigenvalue weighted by Gasteiger charge is -2.24. The van der Waals surface area contributed by atoms with Crippen LogP contribution in [0.4, 0.5) is 4.39 Å². The Morgan fingerprint density at radius 2 is 1.97 bits per heavy atom. The van der Waals surface area contributed by atoms with Gasteiger partial charge in [0, 0.05) is 12.0 Å². The molecule has 1 aliphatic rings. The van der Waals surface area contributed by atoms with Crippen LogP contribution in [0.15, 0.2) is 36.4 Å². The lowest BCUT2D eigenvalue weighted by atomic mass is 9.86. The minimum absolute atomic E-state index is 0.0285. The molecule has 2 aromatic carbocycles. The van der Waals surface area contributed by atoms with Gasteiger partial charge in [-0.15, -0.1) is 0 Å². The number of hydrogen-bond donors (Lipinski definition) is 1. The molecule has 0 bridgehead atoms. The summed E-state index contributed by atoms with van der Waals surface area (Å²) >= 11 is 0. The van der Waals surface area contributed by atoms with Crippen LogP contribution < -0.4 is 4.74 Å². The first-order chi connectivity index (χ1) is 13.8. The van der Waals surface area contributed by atoms with Crippen LogP contribution in [-0.4, -0.2) is 30.4 Å². The summed E-state index contributed by atoms with van der Waals surface area (Å²) in [4.78, 5) is 11.7. The maximum absolute atomic E-state index is 13.5. The molecule has 4 nitrogen and oxygen atoms in total. The number of carbonyl (C=O) groups is 1. The molecule has 0 radical (unpaired) electrons. The first kappa shape index (κ1) is 21.1. The molecule has 5 heteroatoms. The quantitative estimate of drug-likeness (QED) is 0.719. The van der Waals surface area contributed by atoms with Gasteiger partial charge < -0.3 is 14.6 Å². The molecule has 0 saturated carbocycles. The van der Waals surface area contributed by atoms with E-state index in [0.717, 1.165) is 33.6 Å². The first-order valence-electron chi connectivity index (χ1n) is 9.83. The third kappa shape index (κ3) is 4.67. The van der Waals surface area contributed by atoms with E-state index in [1.54, 1.807) is 19.2 Å². The molecule has 0 aromatic heterocycles. The lowest BCUT2D eigenvalue weighted by Crippen LogP contribution is -2.31. The Bertz CT molecular complexity index is 915. The van der Waals surface area contributed by atoms with Crippen LogP contribution in [0.1, 0.15) is 49.3 Å². The second-order valence-electron chi connectivity index (χ2n) is 7.75. The highest BCUT2D eigenvalue weighted by Crippen LogP contribution is 2.41. The summed E-state index contributed by atoms with van der Waals surface area (Å²) in [6.07, 6.45) is 2.95. The van der Waals surface area contributed by atoms with Crippen LogP contribution in [-0.2, 0) is 9.53 Å². The van der Waals surface area contributed by atoms with Crippen molar-refractivity contribution < 1.29 is 23.8 Å². The van der Waals surface area contributed by atoms with Crippen LogP contribution in [0.2, 0.25) is 0 Å². The number of ether oxygens (including phenoxy) is 2. The second kappa shape index (κ2) is 8.78. The van der Waals surface area contributed by atoms with E-state index in [0.29, 0.717) is 6.42 Å². The van der Waals surface area contributed by atoms with Crippen molar-refractivity contribution in [2.45, 2.75) is 51.7 Å². The molecule has 1 fully saturated rings. The van der Waals surface area contributed by atoms with E-state index in [2.05, 4.69) is 19.9 Å². The standard InChI is InChI=1S/C24H27FO4/c1-14(2)21-11-15(3)24(28-4)23(16-5-7-17(25)8-6-16)20(21)10-9-19-12-18(26)13-22(27)29-19/h5-11,14,18-19,26H,12-13H2,1-4H3/b10-9+/t18-,19-/m1/s1. The fourth-order valence-corrected chi connectivity index (χ4v) is 3.79. The SMILES string of the molecule is COc1c(C)cc(C(C)C)c(/C=C/[C@@H]2C[C@@H](O)CC(=O)O2)c1-c1ccc(F)cc1. The van der Waals surface area contributed by atoms with Gasteiger partial charge in [0.25, 0.3) is 0 Å². The summed E-state index contributed by atoms with van der Waals surface area (Å²) in [5, 5.41) is 9.88. The zero-order valence-electron chi connectivity index (χ0n) is 17.2. The van der Waals surface area contributed by atoms with Crippen molar-refractivity contribution in [3.63, 3.8) is 0 Å². The Hall–Kier alpha value is -2.66. The van der Waals surface area contributed by atoms with Crippen LogP contribution in [0.25, 0.3) is 17.2 Å². The van der Waals surface area contributed by atoms with E-state index in [1.807, 2.05) is 19.1 Å². The lowest BCUT2D eigenvalue weighted by molar-refractivity contribution is -0.156. The molecular weight excluding hydrogens is 371 g/mol. The topological polar surface area (TPSA) is 55.8 Å². The van der Waals surface area contributed by atoms with Crippen molar-refractivity contribution in [1.29, 1.82) is 0 Å². The van der Waals surface area contributed by atoms with Gasteiger partial charge in [0.15, 0.2) is 0 Å². The summed E-state index contributed by atoms with van der Waals surface area (Å²) < 4.78 is 24.6. The Labute approximate surface area is 171 Å². The van der Waals surface area contributed by atoms with Crippen molar-refractivity contribution in [3.8, 4) is 16.9 Å². The molecule has 0 amide bonds. The molecule has 3 rings (SSSR count). The molecule has 1 N–H and O–H groups in total. The first-order valence-corrected chi connectivity index (χ1v) is 9.83. The Kier molecular flexibility index (Phi) is 6.38. The minimum atomic E-state index is -0.695. The van der Waals surface area contributed by atoms with Gasteiger partial charge in [-0.1, -0.05) is 38.1 Å². The number of methoxy groups -OCH3 is 1. The number of halogens is 1. The summed E-state index contributed by atoms with van der Waals surface area (Å²) in [5.41, 5.74) is 4.75. The normalized spacial score (nSPS) is 19.6. The zero-order chi connectivity index (χ0) is 21.1. The van der Waals surface area contributed by atoms with Gasteiger partial charge in [-0.3, -0.25) is 4.79 Å². The fraction of sp³-hybridized carbons (Fsp3) is 0.375. The van der Waals surface area contributed by atoms with Crippen LogP contribution in [0, 0.1) is 12.7 Å². The maximum Gasteiger partial charge on any atom is 0.309 e. The number of carbonyl (C=O) groups excluding carboxylic acids is 1. The average molecular weight is 398 g/mol. The van der Waals surface area contributed by atoms with E-state index in [-0.39, 0.29) is 18.2 Å². The minimum Gasteiger partial charge on any atom is -0.496 e. The molecule has 29 heavy (non-hydrogen) atoms. The number of aryl methyl sites for hydroxylation is 1. The van der Waals surface area contributed by atoms with Gasteiger partial charge in [0.05, 0.1) is 19.6 Å². The summed E-state index contributed by atoms with van der Waals surface area (Å²) in [5.74, 6) is 0.256. The van der Waals surface area contributed by atoms with Gasteiger partial charge in [-0.25, -0.2) is 4.39 Å². The van der Waals surface area contributed by atoms with Gasteiger partial charge in [-0.05, 0) is 53.3 Å². The van der Waals surface area contributed by atoms with Crippen molar-refractivity contribution in [2.75, 3.05) is 7.11 Å². The smallest absolute Gasteiger partial charge is 0.309 e. The summed E-state index contributed by atoms with van der Waals surface area (Å²) in [7, 11) is 1.62. The number of aliphatic hydroxyl groups is 1. The van der Waals surface area contributed by atoms with Crippen LogP contribution >= 0.6 is 0 Å². The van der Waals surface area contributed by atoms with E-state index < -0.39 is 18.2 Å². The summed E-state index contributed by atoms with van der Waals surface area (Å²) in [6.45, 7) is 6.21. The Morgan fingerprint density at radius 3 is 2.55 bits per heavy atom. The average Bonchev–Trinajstić information content (AvgIpc) is 2.66. The van der Waals surface area contributed by atoms with Crippen molar-refractivity contribution >= 4 is 12.0 Å². The highest BCUT2D eigenvalue weighted by Gasteiger charge is 2.26. The molecule has 0 aliphatic carbocycles. The van der Waals surface area contributed by atoms with E-state index >= 15 is 0 Å². The monoisotopic (exact) mass is 398 g/mol. The van der Waals surface area contributed by atoms with E-state index in [9.17, 15) is 14.3 Å². The highest BCUT2D eigenvalue weighted by atomic mass is 19.1. The predicted octanol–water partition coefficient (Wildman–Crippen LogP) is 5.01. The third-order valence-electron chi connectivity index (χ3n) is 5.16. The second-order valence-corrected chi connectivity index (χ2v) is 7.75. The number of cyclic esters (lactones) is 1. The predicted molar refractivity (Wildman–Crippen MR) is 111 cm³/mol. The zero-order valence-corrected chi connectivity index (χ0v) is 17.2. The molecule has 0 spiro atoms. The molecule has 0 unspecified atom stereocenters. The summed E-state index contributed by atoms with van der Waals surface area (Å²) in [6, 6.07) is 8.42. The van der Waals surface area contributed by atoms with Gasteiger partial charge in [0.2, 0.25) is 0 Å². The van der Waals surface area contributed by atoms with E-state index in [4.69, 9.17) is 9.47 Å². The van der Waals surface area contributed by atoms with Gasteiger partial charge in [-0.2, -0.15) is 0 Å². The molecule has 2 atom stereocenters. The third-order valence-corrected chi connectivity index (χ3v) is 5.16. The molecular formula is C24H27FO4. The number of benzene rings is 2.